The number of halogens is 1. The van der Waals surface area contributed by atoms with E-state index < -0.39 is 23.9 Å². The highest BCUT2D eigenvalue weighted by molar-refractivity contribution is 7.99. The van der Waals surface area contributed by atoms with Gasteiger partial charge in [0.2, 0.25) is 5.91 Å². The number of amides is 2. The molecule has 0 saturated carbocycles. The number of anilines is 1. The molecular formula is C22H24ClN5O5S2. The molecule has 13 heteroatoms. The van der Waals surface area contributed by atoms with Crippen LogP contribution in [-0.2, 0) is 16.6 Å². The number of rotatable bonds is 9. The zero-order valence-corrected chi connectivity index (χ0v) is 22.1. The highest BCUT2D eigenvalue weighted by atomic mass is 35.5. The average Bonchev–Trinajstić information content (AvgIpc) is 3.33. The van der Waals surface area contributed by atoms with Crippen LogP contribution in [0.1, 0.15) is 50.0 Å². The molecule has 3 aromatic rings. The van der Waals surface area contributed by atoms with Crippen LogP contribution in [0.5, 0.6) is 5.75 Å². The summed E-state index contributed by atoms with van der Waals surface area (Å²) in [5, 5.41) is 12.2. The molecule has 186 valence electrons. The lowest BCUT2D eigenvalue weighted by molar-refractivity contribution is -0.113. The third-order valence-corrected chi connectivity index (χ3v) is 7.52. The van der Waals surface area contributed by atoms with Crippen LogP contribution in [0.3, 0.4) is 0 Å². The Labute approximate surface area is 215 Å². The smallest absolute Gasteiger partial charge is 0.341 e. The van der Waals surface area contributed by atoms with Gasteiger partial charge in [-0.15, -0.1) is 21.5 Å². The number of aryl methyl sites for hydroxylation is 1. The molecule has 3 rings (SSSR count). The molecule has 0 aliphatic heterocycles. The Kier molecular flexibility index (Phi) is 8.41. The molecule has 0 aliphatic rings. The number of benzene rings is 1. The van der Waals surface area contributed by atoms with Gasteiger partial charge in [0.15, 0.2) is 17.1 Å². The van der Waals surface area contributed by atoms with Crippen molar-refractivity contribution < 1.29 is 23.9 Å². The molecule has 10 nitrogen and oxygen atoms in total. The SMILES string of the molecule is COC(=O)c1c(NC(=O)CSc2nnc(C(C)Oc3cc(C)ccc3Cl)n2C)sc(C(N)=O)c1C. The molecule has 0 aliphatic carbocycles. The Hall–Kier alpha value is -3.09. The van der Waals surface area contributed by atoms with Crippen molar-refractivity contribution in [2.24, 2.45) is 12.8 Å². The van der Waals surface area contributed by atoms with Gasteiger partial charge in [0.1, 0.15) is 10.8 Å². The van der Waals surface area contributed by atoms with Gasteiger partial charge in [-0.25, -0.2) is 4.79 Å². The summed E-state index contributed by atoms with van der Waals surface area (Å²) >= 11 is 8.30. The molecule has 2 heterocycles. The van der Waals surface area contributed by atoms with Crippen molar-refractivity contribution in [1.82, 2.24) is 14.8 Å². The lowest BCUT2D eigenvalue weighted by Gasteiger charge is -2.15. The second-order valence-corrected chi connectivity index (χ2v) is 9.92. The predicted molar refractivity (Wildman–Crippen MR) is 135 cm³/mol. The first kappa shape index (κ1) is 26.5. The maximum Gasteiger partial charge on any atom is 0.341 e. The first-order valence-corrected chi connectivity index (χ1v) is 12.5. The summed E-state index contributed by atoms with van der Waals surface area (Å²) < 4.78 is 12.5. The van der Waals surface area contributed by atoms with Gasteiger partial charge in [-0.2, -0.15) is 0 Å². The van der Waals surface area contributed by atoms with E-state index in [0.29, 0.717) is 27.3 Å². The zero-order valence-electron chi connectivity index (χ0n) is 19.7. The number of ether oxygens (including phenoxy) is 2. The molecule has 35 heavy (non-hydrogen) atoms. The maximum absolute atomic E-state index is 12.6. The number of esters is 1. The number of thioether (sulfide) groups is 1. The van der Waals surface area contributed by atoms with Crippen LogP contribution < -0.4 is 15.8 Å². The van der Waals surface area contributed by atoms with E-state index in [2.05, 4.69) is 15.5 Å². The largest absolute Gasteiger partial charge is 0.481 e. The second-order valence-electron chi connectivity index (χ2n) is 7.55. The number of aromatic nitrogens is 3. The van der Waals surface area contributed by atoms with Gasteiger partial charge < -0.3 is 25.1 Å². The quantitative estimate of drug-likeness (QED) is 0.309. The van der Waals surface area contributed by atoms with E-state index in [1.807, 2.05) is 26.0 Å². The minimum Gasteiger partial charge on any atom is -0.481 e. The third kappa shape index (κ3) is 5.95. The molecule has 0 radical (unpaired) electrons. The van der Waals surface area contributed by atoms with E-state index in [1.54, 1.807) is 24.6 Å². The molecule has 0 fully saturated rings. The molecule has 1 unspecified atom stereocenters. The summed E-state index contributed by atoms with van der Waals surface area (Å²) in [6.07, 6.45) is -0.445. The van der Waals surface area contributed by atoms with Gasteiger partial charge in [-0.05, 0) is 44.0 Å². The van der Waals surface area contributed by atoms with Crippen LogP contribution in [0.4, 0.5) is 5.00 Å². The molecule has 2 aromatic heterocycles. The van der Waals surface area contributed by atoms with Crippen LogP contribution in [0.15, 0.2) is 23.4 Å². The van der Waals surface area contributed by atoms with Gasteiger partial charge in [0.25, 0.3) is 5.91 Å². The Balaban J connectivity index is 1.69. The second kappa shape index (κ2) is 11.1. The predicted octanol–water partition coefficient (Wildman–Crippen LogP) is 3.90. The number of hydrogen-bond acceptors (Lipinski definition) is 9. The van der Waals surface area contributed by atoms with E-state index in [4.69, 9.17) is 26.8 Å². The Morgan fingerprint density at radius 3 is 2.66 bits per heavy atom. The topological polar surface area (TPSA) is 138 Å². The minimum atomic E-state index is -0.692. The number of hydrogen-bond donors (Lipinski definition) is 2. The standard InChI is InChI=1S/C22H24ClN5O5S2/c1-10-6-7-13(23)14(8-10)33-12(3)19-26-27-22(28(19)4)34-9-15(29)25-20-16(21(31)32-5)11(2)17(35-20)18(24)30/h6-8,12H,9H2,1-5H3,(H2,24,30)(H,25,29). The first-order chi connectivity index (χ1) is 16.5. The summed E-state index contributed by atoms with van der Waals surface area (Å²) in [7, 11) is 2.98. The van der Waals surface area contributed by atoms with Crippen molar-refractivity contribution in [1.29, 1.82) is 0 Å². The minimum absolute atomic E-state index is 0.0195. The normalized spacial score (nSPS) is 11.7. The highest BCUT2D eigenvalue weighted by Gasteiger charge is 2.26. The number of primary amides is 1. The molecule has 0 saturated heterocycles. The van der Waals surface area contributed by atoms with E-state index in [1.165, 1.54) is 7.11 Å². The van der Waals surface area contributed by atoms with E-state index >= 15 is 0 Å². The number of carbonyl (C=O) groups excluding carboxylic acids is 3. The average molecular weight is 538 g/mol. The highest BCUT2D eigenvalue weighted by Crippen LogP contribution is 2.34. The molecule has 2 amide bonds. The summed E-state index contributed by atoms with van der Waals surface area (Å²) in [5.74, 6) is -0.693. The van der Waals surface area contributed by atoms with Crippen molar-refractivity contribution in [3.05, 3.63) is 50.6 Å². The van der Waals surface area contributed by atoms with Crippen molar-refractivity contribution in [3.63, 3.8) is 0 Å². The summed E-state index contributed by atoms with van der Waals surface area (Å²) in [6.45, 7) is 5.34. The van der Waals surface area contributed by atoms with Crippen LogP contribution >= 0.6 is 34.7 Å². The number of methoxy groups -OCH3 is 1. The summed E-state index contributed by atoms with van der Waals surface area (Å²) in [6, 6.07) is 5.50. The lowest BCUT2D eigenvalue weighted by atomic mass is 10.1. The summed E-state index contributed by atoms with van der Waals surface area (Å²) in [4.78, 5) is 36.6. The Morgan fingerprint density at radius 1 is 1.29 bits per heavy atom. The molecule has 0 bridgehead atoms. The van der Waals surface area contributed by atoms with Crippen molar-refractivity contribution in [2.75, 3.05) is 18.2 Å². The fourth-order valence-corrected chi connectivity index (χ4v) is 5.17. The van der Waals surface area contributed by atoms with Crippen LogP contribution in [0.2, 0.25) is 5.02 Å². The number of nitrogens with two attached hydrogens (primary N) is 1. The van der Waals surface area contributed by atoms with Gasteiger partial charge >= 0.3 is 5.97 Å². The van der Waals surface area contributed by atoms with Crippen LogP contribution in [0.25, 0.3) is 0 Å². The fourth-order valence-electron chi connectivity index (χ4n) is 3.23. The van der Waals surface area contributed by atoms with Crippen LogP contribution in [-0.4, -0.2) is 45.4 Å². The molecular weight excluding hydrogens is 514 g/mol. The Morgan fingerprint density at radius 2 is 2.00 bits per heavy atom. The van der Waals surface area contributed by atoms with E-state index in [9.17, 15) is 14.4 Å². The fraction of sp³-hybridized carbons (Fsp3) is 0.318. The van der Waals surface area contributed by atoms with Gasteiger partial charge in [-0.3, -0.25) is 9.59 Å². The third-order valence-electron chi connectivity index (χ3n) is 4.97. The summed E-state index contributed by atoms with van der Waals surface area (Å²) in [5.41, 5.74) is 6.85. The van der Waals surface area contributed by atoms with Gasteiger partial charge in [0.05, 0.1) is 28.3 Å². The Bertz CT molecular complexity index is 1290. The number of nitrogens with zero attached hydrogens (tertiary/aromatic N) is 3. The zero-order chi connectivity index (χ0) is 25.9. The number of carbonyl (C=O) groups is 3. The number of thiophene rings is 1. The van der Waals surface area contributed by atoms with Crippen LogP contribution in [0, 0.1) is 13.8 Å². The number of nitrogens with one attached hydrogen (secondary N) is 1. The monoisotopic (exact) mass is 537 g/mol. The van der Waals surface area contributed by atoms with Crippen molar-refractivity contribution in [3.8, 4) is 5.75 Å². The maximum atomic E-state index is 12.6. The first-order valence-electron chi connectivity index (χ1n) is 10.3. The van der Waals surface area contributed by atoms with Gasteiger partial charge in [-0.1, -0.05) is 29.4 Å². The molecule has 1 atom stereocenters. The van der Waals surface area contributed by atoms with Crippen molar-refractivity contribution >= 4 is 57.5 Å². The van der Waals surface area contributed by atoms with E-state index in [0.717, 1.165) is 28.7 Å². The van der Waals surface area contributed by atoms with Crippen molar-refractivity contribution in [2.45, 2.75) is 32.0 Å². The lowest BCUT2D eigenvalue weighted by Crippen LogP contribution is -2.16. The van der Waals surface area contributed by atoms with Gasteiger partial charge in [0, 0.05) is 7.05 Å². The van der Waals surface area contributed by atoms with E-state index in [-0.39, 0.29) is 21.2 Å². The molecule has 1 aromatic carbocycles. The molecule has 3 N–H and O–H groups in total. The molecule has 0 spiro atoms.